The highest BCUT2D eigenvalue weighted by molar-refractivity contribution is 5.96. The van der Waals surface area contributed by atoms with Crippen molar-refractivity contribution >= 4 is 17.4 Å². The van der Waals surface area contributed by atoms with Crippen molar-refractivity contribution in [3.8, 4) is 5.75 Å². The fourth-order valence-corrected chi connectivity index (χ4v) is 2.21. The van der Waals surface area contributed by atoms with Gasteiger partial charge in [0.25, 0.3) is 5.91 Å². The van der Waals surface area contributed by atoms with E-state index in [0.717, 1.165) is 11.1 Å². The predicted octanol–water partition coefficient (Wildman–Crippen LogP) is 3.91. The molecule has 23 heavy (non-hydrogen) atoms. The van der Waals surface area contributed by atoms with Crippen molar-refractivity contribution in [2.75, 3.05) is 5.32 Å². The molecule has 0 bridgehead atoms. The Balaban J connectivity index is 2.00. The molecule has 1 amide bonds. The summed E-state index contributed by atoms with van der Waals surface area (Å²) in [5.74, 6) is 0.458. The first-order valence-corrected chi connectivity index (χ1v) is 7.52. The highest BCUT2D eigenvalue weighted by Crippen LogP contribution is 2.20. The molecule has 2 aromatic carbocycles. The summed E-state index contributed by atoms with van der Waals surface area (Å²) in [6.45, 7) is 7.18. The van der Waals surface area contributed by atoms with Gasteiger partial charge in [0.15, 0.2) is 11.9 Å². The number of carbonyl (C=O) groups is 2. The summed E-state index contributed by atoms with van der Waals surface area (Å²) in [6, 6.07) is 12.6. The maximum absolute atomic E-state index is 12.2. The lowest BCUT2D eigenvalue weighted by atomic mass is 10.1. The average molecular weight is 311 g/mol. The van der Waals surface area contributed by atoms with Crippen molar-refractivity contribution in [3.05, 3.63) is 59.2 Å². The zero-order valence-corrected chi connectivity index (χ0v) is 13.8. The molecule has 1 N–H and O–H groups in total. The van der Waals surface area contributed by atoms with Crippen molar-refractivity contribution in [1.82, 2.24) is 0 Å². The number of nitrogens with one attached hydrogen (secondary N) is 1. The lowest BCUT2D eigenvalue weighted by Gasteiger charge is -2.16. The summed E-state index contributed by atoms with van der Waals surface area (Å²) < 4.78 is 5.73. The zero-order chi connectivity index (χ0) is 17.0. The summed E-state index contributed by atoms with van der Waals surface area (Å²) >= 11 is 0. The number of ether oxygens (including phenoxy) is 1. The van der Waals surface area contributed by atoms with E-state index in [9.17, 15) is 9.59 Å². The molecule has 120 valence electrons. The second-order valence-electron chi connectivity index (χ2n) is 5.65. The Kier molecular flexibility index (Phi) is 5.16. The van der Waals surface area contributed by atoms with Gasteiger partial charge in [0.05, 0.1) is 0 Å². The van der Waals surface area contributed by atoms with E-state index < -0.39 is 6.10 Å². The average Bonchev–Trinajstić information content (AvgIpc) is 2.50. The number of hydrogen-bond acceptors (Lipinski definition) is 3. The second-order valence-corrected chi connectivity index (χ2v) is 5.65. The Morgan fingerprint density at radius 3 is 2.26 bits per heavy atom. The van der Waals surface area contributed by atoms with Crippen LogP contribution in [0.5, 0.6) is 5.75 Å². The lowest BCUT2D eigenvalue weighted by molar-refractivity contribution is -0.122. The third-order valence-electron chi connectivity index (χ3n) is 3.56. The molecule has 0 aliphatic carbocycles. The van der Waals surface area contributed by atoms with Crippen LogP contribution in [0.15, 0.2) is 42.5 Å². The number of anilines is 1. The van der Waals surface area contributed by atoms with E-state index in [4.69, 9.17) is 4.74 Å². The number of Topliss-reactive ketones (excluding diaryl/α,β-unsaturated/α-hetero) is 1. The molecule has 0 spiro atoms. The summed E-state index contributed by atoms with van der Waals surface area (Å²) in [4.78, 5) is 23.4. The topological polar surface area (TPSA) is 55.4 Å². The van der Waals surface area contributed by atoms with E-state index in [0.29, 0.717) is 17.0 Å². The summed E-state index contributed by atoms with van der Waals surface area (Å²) in [6.07, 6.45) is -0.621. The highest BCUT2D eigenvalue weighted by atomic mass is 16.5. The number of ketones is 1. The van der Waals surface area contributed by atoms with Crippen LogP contribution in [0.1, 0.15) is 35.3 Å². The van der Waals surface area contributed by atoms with E-state index in [1.165, 1.54) is 6.92 Å². The van der Waals surface area contributed by atoms with Crippen LogP contribution in [0.25, 0.3) is 0 Å². The number of hydrogen-bond donors (Lipinski definition) is 1. The first kappa shape index (κ1) is 16.7. The van der Waals surface area contributed by atoms with Gasteiger partial charge in [-0.2, -0.15) is 0 Å². The van der Waals surface area contributed by atoms with Crippen LogP contribution in [0.3, 0.4) is 0 Å². The monoisotopic (exact) mass is 311 g/mol. The predicted molar refractivity (Wildman–Crippen MR) is 91.1 cm³/mol. The minimum Gasteiger partial charge on any atom is -0.481 e. The molecule has 0 radical (unpaired) electrons. The summed E-state index contributed by atoms with van der Waals surface area (Å²) in [5.41, 5.74) is 3.40. The van der Waals surface area contributed by atoms with Crippen LogP contribution in [-0.2, 0) is 4.79 Å². The van der Waals surface area contributed by atoms with Gasteiger partial charge >= 0.3 is 0 Å². The molecule has 0 aromatic heterocycles. The molecule has 0 heterocycles. The van der Waals surface area contributed by atoms with Crippen LogP contribution >= 0.6 is 0 Å². The Morgan fingerprint density at radius 2 is 1.70 bits per heavy atom. The van der Waals surface area contributed by atoms with Crippen molar-refractivity contribution < 1.29 is 14.3 Å². The van der Waals surface area contributed by atoms with Gasteiger partial charge in [-0.3, -0.25) is 9.59 Å². The minimum atomic E-state index is -0.621. The molecule has 2 rings (SSSR count). The van der Waals surface area contributed by atoms with E-state index in [1.54, 1.807) is 31.2 Å². The molecule has 0 saturated heterocycles. The van der Waals surface area contributed by atoms with Crippen LogP contribution in [0, 0.1) is 13.8 Å². The van der Waals surface area contributed by atoms with Crippen LogP contribution in [0.2, 0.25) is 0 Å². The highest BCUT2D eigenvalue weighted by Gasteiger charge is 2.16. The first-order valence-electron chi connectivity index (χ1n) is 7.52. The third-order valence-corrected chi connectivity index (χ3v) is 3.56. The molecule has 4 heteroatoms. The van der Waals surface area contributed by atoms with Crippen molar-refractivity contribution in [2.24, 2.45) is 0 Å². The van der Waals surface area contributed by atoms with E-state index in [1.807, 2.05) is 32.0 Å². The summed E-state index contributed by atoms with van der Waals surface area (Å²) in [7, 11) is 0. The quantitative estimate of drug-likeness (QED) is 0.852. The zero-order valence-electron chi connectivity index (χ0n) is 13.8. The lowest BCUT2D eigenvalue weighted by Crippen LogP contribution is -2.30. The molecular formula is C19H21NO3. The molecule has 1 atom stereocenters. The SMILES string of the molecule is CC(=O)c1ccc(NC(=O)C(C)Oc2ccc(C)cc2C)cc1. The van der Waals surface area contributed by atoms with Gasteiger partial charge in [-0.05, 0) is 63.6 Å². The largest absolute Gasteiger partial charge is 0.481 e. The fourth-order valence-electron chi connectivity index (χ4n) is 2.21. The molecule has 0 aliphatic rings. The van der Waals surface area contributed by atoms with Crippen LogP contribution < -0.4 is 10.1 Å². The number of rotatable bonds is 5. The molecule has 0 saturated carbocycles. The Bertz CT molecular complexity index is 720. The van der Waals surface area contributed by atoms with Crippen LogP contribution in [0.4, 0.5) is 5.69 Å². The molecule has 4 nitrogen and oxygen atoms in total. The molecule has 0 aliphatic heterocycles. The van der Waals surface area contributed by atoms with Gasteiger partial charge in [-0.25, -0.2) is 0 Å². The maximum Gasteiger partial charge on any atom is 0.265 e. The summed E-state index contributed by atoms with van der Waals surface area (Å²) in [5, 5.41) is 2.78. The van der Waals surface area contributed by atoms with Gasteiger partial charge in [0, 0.05) is 11.3 Å². The molecule has 1 unspecified atom stereocenters. The third kappa shape index (κ3) is 4.42. The normalized spacial score (nSPS) is 11.7. The Labute approximate surface area is 136 Å². The second kappa shape index (κ2) is 7.09. The van der Waals surface area contributed by atoms with Gasteiger partial charge in [0.2, 0.25) is 0 Å². The smallest absolute Gasteiger partial charge is 0.265 e. The van der Waals surface area contributed by atoms with Crippen molar-refractivity contribution in [1.29, 1.82) is 0 Å². The number of carbonyl (C=O) groups excluding carboxylic acids is 2. The molecular weight excluding hydrogens is 290 g/mol. The minimum absolute atomic E-state index is 0.00516. The van der Waals surface area contributed by atoms with Crippen molar-refractivity contribution in [2.45, 2.75) is 33.8 Å². The maximum atomic E-state index is 12.2. The van der Waals surface area contributed by atoms with E-state index in [2.05, 4.69) is 5.32 Å². The van der Waals surface area contributed by atoms with Crippen LogP contribution in [-0.4, -0.2) is 17.8 Å². The van der Waals surface area contributed by atoms with E-state index in [-0.39, 0.29) is 11.7 Å². The Morgan fingerprint density at radius 1 is 1.04 bits per heavy atom. The van der Waals surface area contributed by atoms with Gasteiger partial charge in [-0.1, -0.05) is 17.7 Å². The molecule has 0 fully saturated rings. The molecule has 2 aromatic rings. The number of benzene rings is 2. The van der Waals surface area contributed by atoms with Crippen molar-refractivity contribution in [3.63, 3.8) is 0 Å². The number of aryl methyl sites for hydroxylation is 2. The van der Waals surface area contributed by atoms with Gasteiger partial charge in [-0.15, -0.1) is 0 Å². The Hall–Kier alpha value is -2.62. The van der Waals surface area contributed by atoms with Gasteiger partial charge < -0.3 is 10.1 Å². The van der Waals surface area contributed by atoms with E-state index >= 15 is 0 Å². The van der Waals surface area contributed by atoms with Gasteiger partial charge in [0.1, 0.15) is 5.75 Å². The fraction of sp³-hybridized carbons (Fsp3) is 0.263. The number of amides is 1. The first-order chi connectivity index (χ1) is 10.9. The standard InChI is InChI=1S/C19H21NO3/c1-12-5-10-18(13(2)11-12)23-15(4)19(22)20-17-8-6-16(7-9-17)14(3)21/h5-11,15H,1-4H3,(H,20,22).